The maximum atomic E-state index is 12.1. The van der Waals surface area contributed by atoms with Gasteiger partial charge in [0.05, 0.1) is 19.3 Å². The molecule has 2 aromatic rings. The highest BCUT2D eigenvalue weighted by Crippen LogP contribution is 2.25. The zero-order chi connectivity index (χ0) is 16.8. The number of carbonyl (C=O) groups is 1. The number of nitrogens with one attached hydrogen (secondary N) is 2. The molecule has 0 fully saturated rings. The second-order valence-corrected chi connectivity index (χ2v) is 6.23. The summed E-state index contributed by atoms with van der Waals surface area (Å²) in [6.07, 6.45) is 0. The van der Waals surface area contributed by atoms with Crippen LogP contribution < -0.4 is 15.4 Å². The van der Waals surface area contributed by atoms with Gasteiger partial charge in [-0.25, -0.2) is 0 Å². The Kier molecular flexibility index (Phi) is 6.19. The van der Waals surface area contributed by atoms with Crippen LogP contribution in [0.3, 0.4) is 0 Å². The smallest absolute Gasteiger partial charge is 0.238 e. The first-order valence-corrected chi connectivity index (χ1v) is 8.23. The summed E-state index contributed by atoms with van der Waals surface area (Å²) in [5.74, 6) is 0.727. The van der Waals surface area contributed by atoms with Gasteiger partial charge >= 0.3 is 0 Å². The number of aryl methyl sites for hydroxylation is 1. The molecule has 1 amide bonds. The molecule has 2 rings (SSSR count). The quantitative estimate of drug-likeness (QED) is 0.799. The van der Waals surface area contributed by atoms with Gasteiger partial charge in [-0.05, 0) is 53.5 Å². The average Bonchev–Trinajstić information content (AvgIpc) is 2.55. The first-order chi connectivity index (χ1) is 11.0. The van der Waals surface area contributed by atoms with E-state index in [0.29, 0.717) is 0 Å². The number of rotatable bonds is 6. The Morgan fingerprint density at radius 1 is 1.26 bits per heavy atom. The molecule has 23 heavy (non-hydrogen) atoms. The van der Waals surface area contributed by atoms with Crippen molar-refractivity contribution in [3.8, 4) is 5.75 Å². The highest BCUT2D eigenvalue weighted by Gasteiger charge is 2.12. The summed E-state index contributed by atoms with van der Waals surface area (Å²) in [5, 5.41) is 6.11. The molecule has 122 valence electrons. The number of hydrogen-bond donors (Lipinski definition) is 2. The van der Waals surface area contributed by atoms with Gasteiger partial charge in [-0.3, -0.25) is 4.79 Å². The summed E-state index contributed by atoms with van der Waals surface area (Å²) in [6.45, 7) is 4.24. The van der Waals surface area contributed by atoms with E-state index in [-0.39, 0.29) is 18.5 Å². The minimum Gasteiger partial charge on any atom is -0.496 e. The van der Waals surface area contributed by atoms with Crippen molar-refractivity contribution in [3.05, 3.63) is 58.1 Å². The van der Waals surface area contributed by atoms with Gasteiger partial charge in [0.15, 0.2) is 0 Å². The van der Waals surface area contributed by atoms with Gasteiger partial charge in [-0.2, -0.15) is 0 Å². The molecular weight excluding hydrogens is 356 g/mol. The van der Waals surface area contributed by atoms with E-state index < -0.39 is 0 Å². The van der Waals surface area contributed by atoms with Gasteiger partial charge in [0.25, 0.3) is 0 Å². The van der Waals surface area contributed by atoms with Crippen molar-refractivity contribution in [1.82, 2.24) is 5.32 Å². The summed E-state index contributed by atoms with van der Waals surface area (Å²) in [6, 6.07) is 13.6. The third-order valence-corrected chi connectivity index (χ3v) is 4.23. The van der Waals surface area contributed by atoms with E-state index in [1.807, 2.05) is 56.3 Å². The van der Waals surface area contributed by atoms with Crippen molar-refractivity contribution in [1.29, 1.82) is 0 Å². The lowest BCUT2D eigenvalue weighted by Crippen LogP contribution is -2.30. The van der Waals surface area contributed by atoms with Crippen molar-refractivity contribution in [2.75, 3.05) is 19.0 Å². The Hall–Kier alpha value is -1.85. The van der Waals surface area contributed by atoms with E-state index in [4.69, 9.17) is 4.74 Å². The number of halogens is 1. The first-order valence-electron chi connectivity index (χ1n) is 7.43. The molecule has 5 heteroatoms. The molecule has 2 N–H and O–H groups in total. The number of ether oxygens (including phenoxy) is 1. The molecule has 0 saturated carbocycles. The summed E-state index contributed by atoms with van der Waals surface area (Å²) < 4.78 is 6.23. The third kappa shape index (κ3) is 4.81. The van der Waals surface area contributed by atoms with Crippen LogP contribution in [0.15, 0.2) is 46.9 Å². The predicted octanol–water partition coefficient (Wildman–Crippen LogP) is 4.06. The summed E-state index contributed by atoms with van der Waals surface area (Å²) in [4.78, 5) is 12.1. The van der Waals surface area contributed by atoms with Gasteiger partial charge in [-0.15, -0.1) is 0 Å². The number of amides is 1. The summed E-state index contributed by atoms with van der Waals surface area (Å²) in [7, 11) is 1.65. The summed E-state index contributed by atoms with van der Waals surface area (Å²) >= 11 is 3.46. The Morgan fingerprint density at radius 3 is 2.70 bits per heavy atom. The molecule has 0 aliphatic heterocycles. The van der Waals surface area contributed by atoms with E-state index in [9.17, 15) is 4.79 Å². The van der Waals surface area contributed by atoms with Crippen molar-refractivity contribution in [2.45, 2.75) is 19.9 Å². The Morgan fingerprint density at radius 2 is 2.00 bits per heavy atom. The fraction of sp³-hybridized carbons (Fsp3) is 0.278. The lowest BCUT2D eigenvalue weighted by Gasteiger charge is -2.17. The van der Waals surface area contributed by atoms with Crippen molar-refractivity contribution in [3.63, 3.8) is 0 Å². The van der Waals surface area contributed by atoms with E-state index >= 15 is 0 Å². The summed E-state index contributed by atoms with van der Waals surface area (Å²) in [5.41, 5.74) is 2.93. The molecule has 2 aromatic carbocycles. The molecule has 1 atom stereocenters. The lowest BCUT2D eigenvalue weighted by atomic mass is 10.1. The minimum absolute atomic E-state index is 0.0124. The first kappa shape index (κ1) is 17.5. The fourth-order valence-electron chi connectivity index (χ4n) is 2.30. The normalized spacial score (nSPS) is 11.8. The van der Waals surface area contributed by atoms with Gasteiger partial charge in [0, 0.05) is 16.1 Å². The van der Waals surface area contributed by atoms with Crippen LogP contribution in [-0.2, 0) is 4.79 Å². The number of carbonyl (C=O) groups excluding carboxylic acids is 1. The van der Waals surface area contributed by atoms with E-state index in [2.05, 4.69) is 26.6 Å². The zero-order valence-corrected chi connectivity index (χ0v) is 15.1. The maximum absolute atomic E-state index is 12.1. The van der Waals surface area contributed by atoms with Crippen LogP contribution in [0.25, 0.3) is 0 Å². The topological polar surface area (TPSA) is 50.4 Å². The monoisotopic (exact) mass is 376 g/mol. The van der Waals surface area contributed by atoms with Gasteiger partial charge in [0.2, 0.25) is 5.91 Å². The van der Waals surface area contributed by atoms with Crippen LogP contribution in [-0.4, -0.2) is 19.6 Å². The van der Waals surface area contributed by atoms with Crippen molar-refractivity contribution >= 4 is 27.5 Å². The molecular formula is C18H21BrN2O2. The standard InChI is InChI=1S/C18H21BrN2O2/c1-12-8-9-16(15(19)10-12)21-18(22)11-20-13(2)14-6-4-5-7-17(14)23-3/h4-10,13,20H,11H2,1-3H3,(H,21,22). The molecule has 0 radical (unpaired) electrons. The minimum atomic E-state index is -0.0868. The number of anilines is 1. The van der Waals surface area contributed by atoms with Crippen LogP contribution in [0.2, 0.25) is 0 Å². The highest BCUT2D eigenvalue weighted by atomic mass is 79.9. The Bertz CT molecular complexity index is 688. The zero-order valence-electron chi connectivity index (χ0n) is 13.5. The number of para-hydroxylation sites is 1. The van der Waals surface area contributed by atoms with Crippen LogP contribution in [0.1, 0.15) is 24.1 Å². The Labute approximate surface area is 145 Å². The molecule has 0 aliphatic carbocycles. The molecule has 0 saturated heterocycles. The highest BCUT2D eigenvalue weighted by molar-refractivity contribution is 9.10. The third-order valence-electron chi connectivity index (χ3n) is 3.57. The molecule has 1 unspecified atom stereocenters. The predicted molar refractivity (Wildman–Crippen MR) is 96.9 cm³/mol. The van der Waals surface area contributed by atoms with Gasteiger partial charge in [0.1, 0.15) is 5.75 Å². The van der Waals surface area contributed by atoms with E-state index in [1.165, 1.54) is 0 Å². The second-order valence-electron chi connectivity index (χ2n) is 5.38. The van der Waals surface area contributed by atoms with Gasteiger partial charge in [-0.1, -0.05) is 24.3 Å². The van der Waals surface area contributed by atoms with Crippen LogP contribution in [0.4, 0.5) is 5.69 Å². The van der Waals surface area contributed by atoms with Gasteiger partial charge < -0.3 is 15.4 Å². The van der Waals surface area contributed by atoms with Crippen molar-refractivity contribution in [2.24, 2.45) is 0 Å². The molecule has 0 bridgehead atoms. The van der Waals surface area contributed by atoms with Crippen LogP contribution >= 0.6 is 15.9 Å². The van der Waals surface area contributed by atoms with E-state index in [1.54, 1.807) is 7.11 Å². The molecule has 0 heterocycles. The molecule has 0 spiro atoms. The van der Waals surface area contributed by atoms with E-state index in [0.717, 1.165) is 27.0 Å². The largest absolute Gasteiger partial charge is 0.496 e. The molecule has 0 aliphatic rings. The molecule has 0 aromatic heterocycles. The van der Waals surface area contributed by atoms with Crippen LogP contribution in [0, 0.1) is 6.92 Å². The molecule has 4 nitrogen and oxygen atoms in total. The maximum Gasteiger partial charge on any atom is 0.238 e. The number of methoxy groups -OCH3 is 1. The number of benzene rings is 2. The Balaban J connectivity index is 1.93. The fourth-order valence-corrected chi connectivity index (χ4v) is 2.89. The van der Waals surface area contributed by atoms with Crippen LogP contribution in [0.5, 0.6) is 5.75 Å². The van der Waals surface area contributed by atoms with Crippen molar-refractivity contribution < 1.29 is 9.53 Å². The lowest BCUT2D eigenvalue weighted by molar-refractivity contribution is -0.115. The SMILES string of the molecule is COc1ccccc1C(C)NCC(=O)Nc1ccc(C)cc1Br. The second kappa shape index (κ2) is 8.13. The number of hydrogen-bond acceptors (Lipinski definition) is 3. The average molecular weight is 377 g/mol.